The van der Waals surface area contributed by atoms with Crippen molar-refractivity contribution >= 4 is 11.6 Å². The van der Waals surface area contributed by atoms with Crippen molar-refractivity contribution in [1.29, 1.82) is 0 Å². The monoisotopic (exact) mass is 218 g/mol. The van der Waals surface area contributed by atoms with Gasteiger partial charge in [0, 0.05) is 32.4 Å². The van der Waals surface area contributed by atoms with Crippen LogP contribution in [0.5, 0.6) is 0 Å². The van der Waals surface area contributed by atoms with Gasteiger partial charge < -0.3 is 10.2 Å². The molecule has 1 N–H and O–H groups in total. The molecule has 0 aliphatic carbocycles. The van der Waals surface area contributed by atoms with Crippen LogP contribution in [0.2, 0.25) is 0 Å². The molecule has 0 radical (unpaired) electrons. The molecule has 0 unspecified atom stereocenters. The van der Waals surface area contributed by atoms with Crippen LogP contribution in [0.15, 0.2) is 12.3 Å². The lowest BCUT2D eigenvalue weighted by molar-refractivity contribution is 0.585. The second-order valence-corrected chi connectivity index (χ2v) is 3.94. The molecule has 6 heteroatoms. The zero-order valence-electron chi connectivity index (χ0n) is 9.22. The third-order valence-corrected chi connectivity index (χ3v) is 2.88. The number of hydrogen-bond acceptors (Lipinski definition) is 5. The quantitative estimate of drug-likeness (QED) is 0.721. The molecule has 1 fully saturated rings. The minimum atomic E-state index is 0.675. The number of nitrogens with zero attached hydrogens (tertiary/aromatic N) is 5. The Morgan fingerprint density at radius 2 is 2.06 bits per heavy atom. The van der Waals surface area contributed by atoms with Crippen LogP contribution in [0.25, 0.3) is 5.78 Å². The minimum absolute atomic E-state index is 0.675. The number of piperazine rings is 1. The largest absolute Gasteiger partial charge is 0.354 e. The highest BCUT2D eigenvalue weighted by molar-refractivity contribution is 5.44. The Morgan fingerprint density at radius 1 is 1.25 bits per heavy atom. The number of rotatable bonds is 1. The first-order valence-electron chi connectivity index (χ1n) is 5.49. The molecule has 6 nitrogen and oxygen atoms in total. The summed E-state index contributed by atoms with van der Waals surface area (Å²) in [7, 11) is 0. The van der Waals surface area contributed by atoms with E-state index >= 15 is 0 Å². The van der Waals surface area contributed by atoms with E-state index in [1.165, 1.54) is 0 Å². The summed E-state index contributed by atoms with van der Waals surface area (Å²) < 4.78 is 1.89. The van der Waals surface area contributed by atoms with Crippen molar-refractivity contribution in [3.05, 3.63) is 18.1 Å². The standard InChI is InChI=1S/C10H14N6/c1-8-13-14-10-12-9(2-5-16(8)10)15-6-3-11-4-7-15/h2,5,11H,3-4,6-7H2,1H3. The van der Waals surface area contributed by atoms with Crippen molar-refractivity contribution in [3.63, 3.8) is 0 Å². The van der Waals surface area contributed by atoms with E-state index in [0.29, 0.717) is 5.78 Å². The SMILES string of the molecule is Cc1nnc2nc(N3CCNCC3)ccn12. The van der Waals surface area contributed by atoms with E-state index in [4.69, 9.17) is 0 Å². The fraction of sp³-hybridized carbons (Fsp3) is 0.500. The summed E-state index contributed by atoms with van der Waals surface area (Å²) in [5, 5.41) is 11.4. The van der Waals surface area contributed by atoms with Crippen molar-refractivity contribution in [2.75, 3.05) is 31.1 Å². The van der Waals surface area contributed by atoms with Gasteiger partial charge in [-0.1, -0.05) is 0 Å². The Balaban J connectivity index is 1.97. The van der Waals surface area contributed by atoms with Crippen molar-refractivity contribution in [1.82, 2.24) is 24.9 Å². The van der Waals surface area contributed by atoms with Gasteiger partial charge in [-0.25, -0.2) is 0 Å². The molecular formula is C10H14N6. The van der Waals surface area contributed by atoms with Crippen LogP contribution in [-0.4, -0.2) is 45.8 Å². The van der Waals surface area contributed by atoms with E-state index in [1.807, 2.05) is 23.6 Å². The van der Waals surface area contributed by atoms with Crippen LogP contribution in [0.4, 0.5) is 5.82 Å². The van der Waals surface area contributed by atoms with E-state index in [-0.39, 0.29) is 0 Å². The van der Waals surface area contributed by atoms with Crippen LogP contribution in [-0.2, 0) is 0 Å². The lowest BCUT2D eigenvalue weighted by atomic mass is 10.3. The third-order valence-electron chi connectivity index (χ3n) is 2.88. The van der Waals surface area contributed by atoms with Crippen LogP contribution < -0.4 is 10.2 Å². The lowest BCUT2D eigenvalue weighted by Gasteiger charge is -2.28. The summed E-state index contributed by atoms with van der Waals surface area (Å²) in [5.41, 5.74) is 0. The smallest absolute Gasteiger partial charge is 0.256 e. The maximum absolute atomic E-state index is 4.51. The molecule has 3 heterocycles. The Hall–Kier alpha value is -1.69. The molecule has 0 bridgehead atoms. The maximum atomic E-state index is 4.51. The first kappa shape index (κ1) is 9.53. The van der Waals surface area contributed by atoms with Gasteiger partial charge in [0.15, 0.2) is 0 Å². The van der Waals surface area contributed by atoms with Gasteiger partial charge in [-0.2, -0.15) is 4.98 Å². The van der Waals surface area contributed by atoms with Gasteiger partial charge in [-0.15, -0.1) is 10.2 Å². The molecule has 2 aromatic rings. The predicted octanol–water partition coefficient (Wildman–Crippen LogP) is -0.158. The topological polar surface area (TPSA) is 58.4 Å². The van der Waals surface area contributed by atoms with Crippen molar-refractivity contribution < 1.29 is 0 Å². The van der Waals surface area contributed by atoms with Gasteiger partial charge in [0.1, 0.15) is 11.6 Å². The van der Waals surface area contributed by atoms with Crippen molar-refractivity contribution in [3.8, 4) is 0 Å². The molecule has 1 saturated heterocycles. The molecule has 0 spiro atoms. The number of aryl methyl sites for hydroxylation is 1. The van der Waals surface area contributed by atoms with Crippen LogP contribution >= 0.6 is 0 Å². The van der Waals surface area contributed by atoms with E-state index in [2.05, 4.69) is 25.4 Å². The summed E-state index contributed by atoms with van der Waals surface area (Å²) in [5.74, 6) is 2.53. The molecule has 3 rings (SSSR count). The molecule has 84 valence electrons. The van der Waals surface area contributed by atoms with Crippen LogP contribution in [0, 0.1) is 6.92 Å². The number of aromatic nitrogens is 4. The number of hydrogen-bond donors (Lipinski definition) is 1. The third kappa shape index (κ3) is 1.51. The first-order chi connectivity index (χ1) is 7.84. The van der Waals surface area contributed by atoms with E-state index < -0.39 is 0 Å². The zero-order valence-corrected chi connectivity index (χ0v) is 9.22. The van der Waals surface area contributed by atoms with E-state index in [0.717, 1.165) is 37.8 Å². The normalized spacial score (nSPS) is 16.9. The predicted molar refractivity (Wildman–Crippen MR) is 60.6 cm³/mol. The second kappa shape index (κ2) is 3.71. The van der Waals surface area contributed by atoms with Crippen molar-refractivity contribution in [2.24, 2.45) is 0 Å². The number of anilines is 1. The minimum Gasteiger partial charge on any atom is -0.354 e. The van der Waals surface area contributed by atoms with Crippen LogP contribution in [0.1, 0.15) is 5.82 Å². The second-order valence-electron chi connectivity index (χ2n) is 3.94. The number of fused-ring (bicyclic) bond motifs is 1. The van der Waals surface area contributed by atoms with Gasteiger partial charge >= 0.3 is 0 Å². The Bertz CT molecular complexity index is 499. The molecule has 16 heavy (non-hydrogen) atoms. The highest BCUT2D eigenvalue weighted by atomic mass is 15.3. The molecule has 1 aliphatic heterocycles. The molecule has 0 aromatic carbocycles. The van der Waals surface area contributed by atoms with E-state index in [1.54, 1.807) is 0 Å². The highest BCUT2D eigenvalue weighted by Gasteiger charge is 2.12. The maximum Gasteiger partial charge on any atom is 0.256 e. The number of nitrogens with one attached hydrogen (secondary N) is 1. The summed E-state index contributed by atoms with van der Waals surface area (Å²) in [6.45, 7) is 5.94. The average molecular weight is 218 g/mol. The molecular weight excluding hydrogens is 204 g/mol. The Labute approximate surface area is 93.3 Å². The summed E-state index contributed by atoms with van der Waals surface area (Å²) >= 11 is 0. The van der Waals surface area contributed by atoms with Crippen molar-refractivity contribution in [2.45, 2.75) is 6.92 Å². The molecule has 2 aromatic heterocycles. The Kier molecular flexibility index (Phi) is 2.21. The highest BCUT2D eigenvalue weighted by Crippen LogP contribution is 2.12. The zero-order chi connectivity index (χ0) is 11.0. The molecule has 1 aliphatic rings. The van der Waals surface area contributed by atoms with Gasteiger partial charge in [-0.3, -0.25) is 4.40 Å². The summed E-state index contributed by atoms with van der Waals surface area (Å²) in [6, 6.07) is 2.02. The van der Waals surface area contributed by atoms with Gasteiger partial charge in [0.2, 0.25) is 0 Å². The summed E-state index contributed by atoms with van der Waals surface area (Å²) in [4.78, 5) is 6.77. The van der Waals surface area contributed by atoms with Gasteiger partial charge in [0.25, 0.3) is 5.78 Å². The molecule has 0 amide bonds. The van der Waals surface area contributed by atoms with E-state index in [9.17, 15) is 0 Å². The lowest BCUT2D eigenvalue weighted by Crippen LogP contribution is -2.43. The fourth-order valence-electron chi connectivity index (χ4n) is 1.96. The fourth-order valence-corrected chi connectivity index (χ4v) is 1.96. The average Bonchev–Trinajstić information content (AvgIpc) is 2.72. The van der Waals surface area contributed by atoms with Gasteiger partial charge in [-0.05, 0) is 13.0 Å². The first-order valence-corrected chi connectivity index (χ1v) is 5.49. The van der Waals surface area contributed by atoms with Crippen LogP contribution in [0.3, 0.4) is 0 Å². The summed E-state index contributed by atoms with van der Waals surface area (Å²) in [6.07, 6.45) is 1.98. The van der Waals surface area contributed by atoms with Gasteiger partial charge in [0.05, 0.1) is 0 Å². The molecule has 0 saturated carbocycles. The Morgan fingerprint density at radius 3 is 2.88 bits per heavy atom. The molecule has 0 atom stereocenters.